The summed E-state index contributed by atoms with van der Waals surface area (Å²) < 4.78 is 18.7. The Balaban J connectivity index is 1.64. The molecule has 4 rings (SSSR count). The highest BCUT2D eigenvalue weighted by Gasteiger charge is 2.46. The number of hydrogen-bond donors (Lipinski definition) is 1. The SMILES string of the molecule is O=C1C(=O)N(CCCN2CCOCC2)C(c2ccccn2)/C1=C(/O)c1ccc(F)cc1. The maximum absolute atomic E-state index is 13.3. The van der Waals surface area contributed by atoms with E-state index in [1.54, 1.807) is 24.4 Å². The lowest BCUT2D eigenvalue weighted by Gasteiger charge is -2.28. The first-order chi connectivity index (χ1) is 15.1. The Labute approximate surface area is 179 Å². The van der Waals surface area contributed by atoms with Gasteiger partial charge in [-0.2, -0.15) is 0 Å². The minimum Gasteiger partial charge on any atom is -0.507 e. The van der Waals surface area contributed by atoms with Crippen molar-refractivity contribution in [2.24, 2.45) is 0 Å². The van der Waals surface area contributed by atoms with E-state index in [2.05, 4.69) is 9.88 Å². The topological polar surface area (TPSA) is 83.0 Å². The normalized spacial score (nSPS) is 21.6. The third-order valence-corrected chi connectivity index (χ3v) is 5.60. The van der Waals surface area contributed by atoms with E-state index in [1.165, 1.54) is 29.2 Å². The molecule has 162 valence electrons. The van der Waals surface area contributed by atoms with E-state index < -0.39 is 23.5 Å². The Morgan fingerprint density at radius 2 is 1.84 bits per heavy atom. The zero-order chi connectivity index (χ0) is 21.8. The van der Waals surface area contributed by atoms with Gasteiger partial charge in [0.2, 0.25) is 0 Å². The Kier molecular flexibility index (Phi) is 6.39. The Morgan fingerprint density at radius 1 is 1.10 bits per heavy atom. The average Bonchev–Trinajstić information content (AvgIpc) is 3.05. The van der Waals surface area contributed by atoms with Crippen LogP contribution in [0, 0.1) is 5.82 Å². The second kappa shape index (κ2) is 9.36. The molecule has 2 aliphatic heterocycles. The zero-order valence-electron chi connectivity index (χ0n) is 17.0. The second-order valence-corrected chi connectivity index (χ2v) is 7.56. The van der Waals surface area contributed by atoms with Crippen molar-refractivity contribution in [1.82, 2.24) is 14.8 Å². The lowest BCUT2D eigenvalue weighted by atomic mass is 9.98. The number of hydrogen-bond acceptors (Lipinski definition) is 6. The summed E-state index contributed by atoms with van der Waals surface area (Å²) in [6.07, 6.45) is 2.26. The highest BCUT2D eigenvalue weighted by atomic mass is 19.1. The molecule has 31 heavy (non-hydrogen) atoms. The molecule has 2 saturated heterocycles. The van der Waals surface area contributed by atoms with Gasteiger partial charge in [-0.05, 0) is 42.8 Å². The first-order valence-electron chi connectivity index (χ1n) is 10.3. The molecule has 1 N–H and O–H groups in total. The first-order valence-corrected chi connectivity index (χ1v) is 10.3. The Bertz CT molecular complexity index is 972. The van der Waals surface area contributed by atoms with Crippen LogP contribution in [0.2, 0.25) is 0 Å². The molecule has 0 radical (unpaired) electrons. The largest absolute Gasteiger partial charge is 0.507 e. The summed E-state index contributed by atoms with van der Waals surface area (Å²) in [5, 5.41) is 10.9. The van der Waals surface area contributed by atoms with Crippen LogP contribution in [0.3, 0.4) is 0 Å². The van der Waals surface area contributed by atoms with Crippen LogP contribution in [-0.4, -0.2) is 71.0 Å². The maximum atomic E-state index is 13.3. The molecule has 2 aliphatic rings. The van der Waals surface area contributed by atoms with Crippen molar-refractivity contribution >= 4 is 17.4 Å². The van der Waals surface area contributed by atoms with E-state index in [0.29, 0.717) is 31.9 Å². The van der Waals surface area contributed by atoms with Crippen LogP contribution < -0.4 is 0 Å². The highest BCUT2D eigenvalue weighted by molar-refractivity contribution is 6.46. The molecular weight excluding hydrogens is 401 g/mol. The Morgan fingerprint density at radius 3 is 2.52 bits per heavy atom. The minimum absolute atomic E-state index is 0.0262. The molecule has 3 heterocycles. The van der Waals surface area contributed by atoms with Crippen LogP contribution in [0.25, 0.3) is 5.76 Å². The van der Waals surface area contributed by atoms with Crippen molar-refractivity contribution in [3.63, 3.8) is 0 Å². The number of aliphatic hydroxyl groups excluding tert-OH is 1. The molecule has 2 fully saturated rings. The molecule has 7 nitrogen and oxygen atoms in total. The van der Waals surface area contributed by atoms with Crippen LogP contribution in [0.5, 0.6) is 0 Å². The number of pyridine rings is 1. The maximum Gasteiger partial charge on any atom is 0.295 e. The van der Waals surface area contributed by atoms with E-state index in [9.17, 15) is 19.1 Å². The number of carbonyl (C=O) groups is 2. The van der Waals surface area contributed by atoms with Gasteiger partial charge >= 0.3 is 0 Å². The molecule has 1 unspecified atom stereocenters. The Hall–Kier alpha value is -3.10. The molecule has 8 heteroatoms. The minimum atomic E-state index is -0.795. The summed E-state index contributed by atoms with van der Waals surface area (Å²) in [6.45, 7) is 4.19. The van der Waals surface area contributed by atoms with Crippen LogP contribution in [-0.2, 0) is 14.3 Å². The number of aromatic nitrogens is 1. The highest BCUT2D eigenvalue weighted by Crippen LogP contribution is 2.38. The van der Waals surface area contributed by atoms with Crippen LogP contribution in [0.1, 0.15) is 23.7 Å². The molecule has 0 bridgehead atoms. The second-order valence-electron chi connectivity index (χ2n) is 7.56. The average molecular weight is 425 g/mol. The standard InChI is InChI=1S/C23H24FN3O4/c24-17-7-5-16(6-8-17)21(28)19-20(18-4-1-2-9-25-18)27(23(30)22(19)29)11-3-10-26-12-14-31-15-13-26/h1-2,4-9,20,28H,3,10-15H2/b21-19-. The van der Waals surface area contributed by atoms with Gasteiger partial charge in [0.15, 0.2) is 0 Å². The summed E-state index contributed by atoms with van der Waals surface area (Å²) in [5.74, 6) is -2.21. The monoisotopic (exact) mass is 425 g/mol. The van der Waals surface area contributed by atoms with Crippen molar-refractivity contribution in [2.45, 2.75) is 12.5 Å². The number of nitrogens with zero attached hydrogens (tertiary/aromatic N) is 3. The summed E-state index contributed by atoms with van der Waals surface area (Å²) >= 11 is 0. The summed E-state index contributed by atoms with van der Waals surface area (Å²) in [4.78, 5) is 33.9. The van der Waals surface area contributed by atoms with Gasteiger partial charge in [-0.25, -0.2) is 4.39 Å². The quantitative estimate of drug-likeness (QED) is 0.435. The smallest absolute Gasteiger partial charge is 0.295 e. The number of benzene rings is 1. The molecule has 0 saturated carbocycles. The first kappa shape index (κ1) is 21.1. The number of aliphatic hydroxyl groups is 1. The zero-order valence-corrected chi connectivity index (χ0v) is 17.0. The number of ether oxygens (including phenoxy) is 1. The molecule has 0 aliphatic carbocycles. The van der Waals surface area contributed by atoms with Gasteiger partial charge in [-0.15, -0.1) is 0 Å². The summed E-state index contributed by atoms with van der Waals surface area (Å²) in [5.41, 5.74) is 0.743. The van der Waals surface area contributed by atoms with Crippen molar-refractivity contribution < 1.29 is 23.8 Å². The predicted octanol–water partition coefficient (Wildman–Crippen LogP) is 2.36. The lowest BCUT2D eigenvalue weighted by molar-refractivity contribution is -0.140. The molecule has 1 amide bonds. The van der Waals surface area contributed by atoms with Crippen molar-refractivity contribution in [2.75, 3.05) is 39.4 Å². The number of halogens is 1. The fourth-order valence-electron chi connectivity index (χ4n) is 4.01. The van der Waals surface area contributed by atoms with Gasteiger partial charge in [-0.1, -0.05) is 6.07 Å². The van der Waals surface area contributed by atoms with Gasteiger partial charge in [0.25, 0.3) is 11.7 Å². The molecule has 1 aromatic carbocycles. The van der Waals surface area contributed by atoms with Gasteiger partial charge in [0.05, 0.1) is 24.5 Å². The fraction of sp³-hybridized carbons (Fsp3) is 0.348. The van der Waals surface area contributed by atoms with E-state index in [1.807, 2.05) is 0 Å². The summed E-state index contributed by atoms with van der Waals surface area (Å²) in [7, 11) is 0. The van der Waals surface area contributed by atoms with Crippen LogP contribution in [0.15, 0.2) is 54.2 Å². The van der Waals surface area contributed by atoms with E-state index in [-0.39, 0.29) is 16.9 Å². The molecule has 1 aromatic heterocycles. The van der Waals surface area contributed by atoms with E-state index in [0.717, 1.165) is 19.6 Å². The van der Waals surface area contributed by atoms with E-state index in [4.69, 9.17) is 4.74 Å². The van der Waals surface area contributed by atoms with Crippen LogP contribution in [0.4, 0.5) is 4.39 Å². The number of morpholine rings is 1. The lowest BCUT2D eigenvalue weighted by Crippen LogP contribution is -2.39. The van der Waals surface area contributed by atoms with Crippen molar-refractivity contribution in [3.05, 3.63) is 71.3 Å². The van der Waals surface area contributed by atoms with E-state index >= 15 is 0 Å². The van der Waals surface area contributed by atoms with Gasteiger partial charge in [-0.3, -0.25) is 19.5 Å². The number of likely N-dealkylation sites (tertiary alicyclic amines) is 1. The molecular formula is C23H24FN3O4. The van der Waals surface area contributed by atoms with Gasteiger partial charge in [0.1, 0.15) is 17.6 Å². The third-order valence-electron chi connectivity index (χ3n) is 5.60. The van der Waals surface area contributed by atoms with Gasteiger partial charge < -0.3 is 14.7 Å². The molecule has 0 spiro atoms. The molecule has 2 aromatic rings. The van der Waals surface area contributed by atoms with Crippen molar-refractivity contribution in [1.29, 1.82) is 0 Å². The van der Waals surface area contributed by atoms with Gasteiger partial charge in [0, 0.05) is 37.9 Å². The third kappa shape index (κ3) is 4.50. The van der Waals surface area contributed by atoms with Crippen molar-refractivity contribution in [3.8, 4) is 0 Å². The number of carbonyl (C=O) groups excluding carboxylic acids is 2. The number of Topliss-reactive ketones (excluding diaryl/α,β-unsaturated/α-hetero) is 1. The molecule has 1 atom stereocenters. The van der Waals surface area contributed by atoms with Crippen LogP contribution >= 0.6 is 0 Å². The number of rotatable bonds is 6. The number of ketones is 1. The predicted molar refractivity (Wildman–Crippen MR) is 112 cm³/mol. The number of amides is 1. The summed E-state index contributed by atoms with van der Waals surface area (Å²) in [6, 6.07) is 9.60. The fourth-order valence-corrected chi connectivity index (χ4v) is 4.01.